The Balaban J connectivity index is 2.28. The molecule has 2 aromatic rings. The lowest BCUT2D eigenvalue weighted by Gasteiger charge is -2.03. The van der Waals surface area contributed by atoms with E-state index in [1.807, 2.05) is 31.2 Å². The molecular weight excluding hydrogens is 248 g/mol. The number of hydrogen-bond acceptors (Lipinski definition) is 4. The average Bonchev–Trinajstić information content (AvgIpc) is 2.31. The predicted molar refractivity (Wildman–Crippen MR) is 69.0 cm³/mol. The predicted octanol–water partition coefficient (Wildman–Crippen LogP) is 2.94. The number of aromatic carboxylic acids is 1. The van der Waals surface area contributed by atoms with Crippen molar-refractivity contribution in [3.8, 4) is 0 Å². The van der Waals surface area contributed by atoms with E-state index in [-0.39, 0.29) is 5.69 Å². The number of rotatable bonds is 3. The molecule has 1 N–H and O–H groups in total. The molecule has 0 aliphatic carbocycles. The maximum Gasteiger partial charge on any atom is 0.354 e. The highest BCUT2D eigenvalue weighted by Crippen LogP contribution is 2.25. The molecule has 0 saturated heterocycles. The molecule has 0 saturated carbocycles. The third-order valence-electron chi connectivity index (χ3n) is 2.28. The second kappa shape index (κ2) is 5.18. The van der Waals surface area contributed by atoms with Crippen molar-refractivity contribution in [1.82, 2.24) is 9.97 Å². The molecule has 0 aliphatic rings. The van der Waals surface area contributed by atoms with Gasteiger partial charge in [0.1, 0.15) is 0 Å². The minimum atomic E-state index is -1.04. The molecule has 92 valence electrons. The van der Waals surface area contributed by atoms with Crippen LogP contribution in [0.25, 0.3) is 0 Å². The molecule has 0 fully saturated rings. The first-order chi connectivity index (χ1) is 8.54. The normalized spacial score (nSPS) is 10.3. The summed E-state index contributed by atoms with van der Waals surface area (Å²) < 4.78 is 0. The fourth-order valence-electron chi connectivity index (χ4n) is 1.41. The molecule has 0 bridgehead atoms. The van der Waals surface area contributed by atoms with Crippen LogP contribution in [0.5, 0.6) is 0 Å². The zero-order valence-corrected chi connectivity index (χ0v) is 10.9. The SMILES string of the molecule is Cc1ccc(Sc2nc(C)cc(C(=O)O)n2)cc1. The summed E-state index contributed by atoms with van der Waals surface area (Å²) in [6.45, 7) is 3.77. The number of nitrogens with zero attached hydrogens (tertiary/aromatic N) is 2. The van der Waals surface area contributed by atoms with E-state index in [9.17, 15) is 4.79 Å². The highest BCUT2D eigenvalue weighted by atomic mass is 32.2. The number of carboxylic acid groups (broad SMARTS) is 1. The third kappa shape index (κ3) is 3.07. The highest BCUT2D eigenvalue weighted by molar-refractivity contribution is 7.99. The Morgan fingerprint density at radius 2 is 1.83 bits per heavy atom. The average molecular weight is 260 g/mol. The standard InChI is InChI=1S/C13H12N2O2S/c1-8-3-5-10(6-4-8)18-13-14-9(2)7-11(15-13)12(16)17/h3-7H,1-2H3,(H,16,17). The molecule has 5 heteroatoms. The van der Waals surface area contributed by atoms with Gasteiger partial charge in [0.05, 0.1) is 0 Å². The summed E-state index contributed by atoms with van der Waals surface area (Å²) in [5.74, 6) is -1.04. The summed E-state index contributed by atoms with van der Waals surface area (Å²) in [4.78, 5) is 20.1. The molecule has 0 unspecified atom stereocenters. The number of hydrogen-bond donors (Lipinski definition) is 1. The summed E-state index contributed by atoms with van der Waals surface area (Å²) in [6, 6.07) is 9.38. The van der Waals surface area contributed by atoms with Crippen molar-refractivity contribution in [2.75, 3.05) is 0 Å². The summed E-state index contributed by atoms with van der Waals surface area (Å²) in [5, 5.41) is 9.39. The van der Waals surface area contributed by atoms with Crippen LogP contribution in [-0.4, -0.2) is 21.0 Å². The van der Waals surface area contributed by atoms with Gasteiger partial charge in [-0.15, -0.1) is 0 Å². The number of benzene rings is 1. The summed E-state index contributed by atoms with van der Waals surface area (Å²) in [6.07, 6.45) is 0. The molecular formula is C13H12N2O2S. The van der Waals surface area contributed by atoms with Gasteiger partial charge in [-0.05, 0) is 43.8 Å². The van der Waals surface area contributed by atoms with Crippen LogP contribution in [-0.2, 0) is 0 Å². The van der Waals surface area contributed by atoms with Gasteiger partial charge < -0.3 is 5.11 Å². The van der Waals surface area contributed by atoms with Gasteiger partial charge in [0.25, 0.3) is 0 Å². The first-order valence-corrected chi connectivity index (χ1v) is 6.20. The molecule has 4 nitrogen and oxygen atoms in total. The lowest BCUT2D eigenvalue weighted by molar-refractivity contribution is 0.0689. The molecule has 1 heterocycles. The van der Waals surface area contributed by atoms with Gasteiger partial charge in [-0.25, -0.2) is 14.8 Å². The first kappa shape index (κ1) is 12.6. The quantitative estimate of drug-likeness (QED) is 0.860. The first-order valence-electron chi connectivity index (χ1n) is 5.38. The van der Waals surface area contributed by atoms with E-state index in [1.54, 1.807) is 6.92 Å². The Morgan fingerprint density at radius 3 is 2.44 bits per heavy atom. The molecule has 2 rings (SSSR count). The molecule has 0 amide bonds. The fourth-order valence-corrected chi connectivity index (χ4v) is 2.22. The van der Waals surface area contributed by atoms with Gasteiger partial charge in [-0.2, -0.15) is 0 Å². The van der Waals surface area contributed by atoms with Gasteiger partial charge in [-0.3, -0.25) is 0 Å². The van der Waals surface area contributed by atoms with Crippen LogP contribution in [0.1, 0.15) is 21.7 Å². The maximum absolute atomic E-state index is 10.9. The van der Waals surface area contributed by atoms with Gasteiger partial charge in [0, 0.05) is 10.6 Å². The molecule has 0 atom stereocenters. The maximum atomic E-state index is 10.9. The number of aromatic nitrogens is 2. The minimum Gasteiger partial charge on any atom is -0.477 e. The smallest absolute Gasteiger partial charge is 0.354 e. The summed E-state index contributed by atoms with van der Waals surface area (Å²) >= 11 is 1.36. The van der Waals surface area contributed by atoms with Crippen LogP contribution in [0.4, 0.5) is 0 Å². The Morgan fingerprint density at radius 1 is 1.17 bits per heavy atom. The van der Waals surface area contributed by atoms with E-state index in [0.29, 0.717) is 10.9 Å². The minimum absolute atomic E-state index is 0.0251. The van der Waals surface area contributed by atoms with Crippen molar-refractivity contribution in [2.45, 2.75) is 23.9 Å². The third-order valence-corrected chi connectivity index (χ3v) is 3.16. The van der Waals surface area contributed by atoms with Crippen molar-refractivity contribution in [3.05, 3.63) is 47.3 Å². The van der Waals surface area contributed by atoms with Crippen molar-refractivity contribution in [3.63, 3.8) is 0 Å². The van der Waals surface area contributed by atoms with E-state index in [0.717, 1.165) is 4.90 Å². The molecule has 1 aromatic carbocycles. The lowest BCUT2D eigenvalue weighted by Crippen LogP contribution is -2.03. The van der Waals surface area contributed by atoms with Gasteiger partial charge in [-0.1, -0.05) is 17.7 Å². The van der Waals surface area contributed by atoms with E-state index in [4.69, 9.17) is 5.11 Å². The fraction of sp³-hybridized carbons (Fsp3) is 0.154. The van der Waals surface area contributed by atoms with E-state index < -0.39 is 5.97 Å². The van der Waals surface area contributed by atoms with Crippen molar-refractivity contribution < 1.29 is 9.90 Å². The zero-order valence-electron chi connectivity index (χ0n) is 10.0. The number of carboxylic acids is 1. The number of aryl methyl sites for hydroxylation is 2. The molecule has 0 spiro atoms. The summed E-state index contributed by atoms with van der Waals surface area (Å²) in [7, 11) is 0. The van der Waals surface area contributed by atoms with E-state index in [2.05, 4.69) is 9.97 Å². The monoisotopic (exact) mass is 260 g/mol. The topological polar surface area (TPSA) is 63.1 Å². The van der Waals surface area contributed by atoms with Crippen molar-refractivity contribution >= 4 is 17.7 Å². The molecule has 1 aromatic heterocycles. The van der Waals surface area contributed by atoms with Crippen molar-refractivity contribution in [2.24, 2.45) is 0 Å². The van der Waals surface area contributed by atoms with Crippen LogP contribution < -0.4 is 0 Å². The molecule has 18 heavy (non-hydrogen) atoms. The lowest BCUT2D eigenvalue weighted by atomic mass is 10.2. The van der Waals surface area contributed by atoms with Crippen LogP contribution in [0.15, 0.2) is 40.4 Å². The van der Waals surface area contributed by atoms with Gasteiger partial charge >= 0.3 is 5.97 Å². The molecule has 0 aliphatic heterocycles. The Bertz CT molecular complexity index is 582. The molecule has 0 radical (unpaired) electrons. The van der Waals surface area contributed by atoms with Crippen molar-refractivity contribution in [1.29, 1.82) is 0 Å². The van der Waals surface area contributed by atoms with E-state index in [1.165, 1.54) is 23.4 Å². The van der Waals surface area contributed by atoms with Crippen LogP contribution in [0, 0.1) is 13.8 Å². The summed E-state index contributed by atoms with van der Waals surface area (Å²) in [5.41, 5.74) is 1.85. The number of carbonyl (C=O) groups is 1. The Kier molecular flexibility index (Phi) is 3.62. The highest BCUT2D eigenvalue weighted by Gasteiger charge is 2.09. The largest absolute Gasteiger partial charge is 0.477 e. The van der Waals surface area contributed by atoms with Crippen LogP contribution in [0.3, 0.4) is 0 Å². The van der Waals surface area contributed by atoms with Crippen LogP contribution >= 0.6 is 11.8 Å². The second-order valence-electron chi connectivity index (χ2n) is 3.90. The van der Waals surface area contributed by atoms with Gasteiger partial charge in [0.2, 0.25) is 0 Å². The zero-order chi connectivity index (χ0) is 13.1. The van der Waals surface area contributed by atoms with Crippen LogP contribution in [0.2, 0.25) is 0 Å². The Hall–Kier alpha value is -1.88. The Labute approximate surface area is 109 Å². The second-order valence-corrected chi connectivity index (χ2v) is 4.94. The van der Waals surface area contributed by atoms with E-state index >= 15 is 0 Å². The van der Waals surface area contributed by atoms with Gasteiger partial charge in [0.15, 0.2) is 10.9 Å².